The third-order valence-electron chi connectivity index (χ3n) is 2.69. The maximum atomic E-state index is 11.6. The van der Waals surface area contributed by atoms with E-state index in [9.17, 15) is 19.7 Å². The first-order valence-electron chi connectivity index (χ1n) is 5.26. The summed E-state index contributed by atoms with van der Waals surface area (Å²) in [6, 6.07) is 8.53. The van der Waals surface area contributed by atoms with Gasteiger partial charge in [0, 0.05) is 13.0 Å². The lowest BCUT2D eigenvalue weighted by Crippen LogP contribution is -2.43. The Balaban J connectivity index is 2.48. The number of amides is 2. The van der Waals surface area contributed by atoms with E-state index in [1.807, 2.05) is 0 Å². The van der Waals surface area contributed by atoms with Gasteiger partial charge in [-0.25, -0.2) is 4.90 Å². The molecule has 0 bridgehead atoms. The molecule has 0 saturated heterocycles. The van der Waals surface area contributed by atoms with Crippen LogP contribution in [0.25, 0.3) is 5.57 Å². The fourth-order valence-corrected chi connectivity index (χ4v) is 1.93. The van der Waals surface area contributed by atoms with E-state index < -0.39 is 22.9 Å². The van der Waals surface area contributed by atoms with Gasteiger partial charge in [-0.15, -0.1) is 0 Å². The van der Waals surface area contributed by atoms with Crippen LogP contribution in [0, 0.1) is 10.1 Å². The van der Waals surface area contributed by atoms with Gasteiger partial charge in [0.1, 0.15) is 0 Å². The lowest BCUT2D eigenvalue weighted by atomic mass is 10.1. The van der Waals surface area contributed by atoms with Crippen molar-refractivity contribution in [1.29, 1.82) is 0 Å². The first kappa shape index (κ1) is 12.0. The molecular formula is C12H10N2O4. The minimum Gasteiger partial charge on any atom is -0.275 e. The molecule has 2 amide bonds. The van der Waals surface area contributed by atoms with Gasteiger partial charge < -0.3 is 0 Å². The zero-order chi connectivity index (χ0) is 13.3. The van der Waals surface area contributed by atoms with Gasteiger partial charge in [-0.2, -0.15) is 0 Å². The highest BCUT2D eigenvalue weighted by molar-refractivity contribution is 6.09. The molecule has 0 saturated carbocycles. The Kier molecular flexibility index (Phi) is 2.93. The second-order valence-corrected chi connectivity index (χ2v) is 3.85. The van der Waals surface area contributed by atoms with E-state index >= 15 is 0 Å². The Morgan fingerprint density at radius 1 is 1.33 bits per heavy atom. The summed E-state index contributed by atoms with van der Waals surface area (Å²) in [6.45, 7) is 1.14. The molecule has 1 atom stereocenters. The zero-order valence-electron chi connectivity index (χ0n) is 9.57. The number of benzene rings is 1. The van der Waals surface area contributed by atoms with Crippen LogP contribution in [0.15, 0.2) is 36.4 Å². The topological polar surface area (TPSA) is 80.5 Å². The minimum atomic E-state index is -1.43. The van der Waals surface area contributed by atoms with Crippen molar-refractivity contribution in [2.75, 3.05) is 0 Å². The van der Waals surface area contributed by atoms with Crippen molar-refractivity contribution in [3.05, 3.63) is 52.1 Å². The van der Waals surface area contributed by atoms with Crippen molar-refractivity contribution in [1.82, 2.24) is 4.90 Å². The molecule has 1 unspecified atom stereocenters. The monoisotopic (exact) mass is 246 g/mol. The van der Waals surface area contributed by atoms with E-state index in [-0.39, 0.29) is 5.57 Å². The average Bonchev–Trinajstić information content (AvgIpc) is 2.68. The number of nitrogens with zero attached hydrogens (tertiary/aromatic N) is 2. The molecule has 0 spiro atoms. The van der Waals surface area contributed by atoms with Crippen LogP contribution in [-0.4, -0.2) is 27.8 Å². The van der Waals surface area contributed by atoms with Crippen molar-refractivity contribution in [3.63, 3.8) is 0 Å². The summed E-state index contributed by atoms with van der Waals surface area (Å²) in [4.78, 5) is 34.0. The SMILES string of the molecule is CC(=O)N1C(=O)C=C(c2ccccc2)C1[N+](=O)[O-]. The second kappa shape index (κ2) is 4.40. The van der Waals surface area contributed by atoms with Crippen LogP contribution in [0.5, 0.6) is 0 Å². The van der Waals surface area contributed by atoms with E-state index in [1.165, 1.54) is 0 Å². The number of carbonyl (C=O) groups excluding carboxylic acids is 2. The predicted octanol–water partition coefficient (Wildman–Crippen LogP) is 1.06. The summed E-state index contributed by atoms with van der Waals surface area (Å²) in [5.74, 6) is -1.29. The van der Waals surface area contributed by atoms with E-state index in [4.69, 9.17) is 0 Å². The van der Waals surface area contributed by atoms with Crippen LogP contribution in [0.4, 0.5) is 0 Å². The van der Waals surface area contributed by atoms with Gasteiger partial charge in [0.25, 0.3) is 5.91 Å². The second-order valence-electron chi connectivity index (χ2n) is 3.85. The fourth-order valence-electron chi connectivity index (χ4n) is 1.93. The molecule has 6 heteroatoms. The van der Waals surface area contributed by atoms with Crippen molar-refractivity contribution in [3.8, 4) is 0 Å². The van der Waals surface area contributed by atoms with Gasteiger partial charge in [-0.05, 0) is 5.56 Å². The molecule has 1 aliphatic rings. The van der Waals surface area contributed by atoms with Crippen LogP contribution in [-0.2, 0) is 9.59 Å². The highest BCUT2D eigenvalue weighted by Gasteiger charge is 2.44. The Labute approximate surface area is 103 Å². The molecule has 0 aromatic heterocycles. The molecule has 18 heavy (non-hydrogen) atoms. The summed E-state index contributed by atoms with van der Waals surface area (Å²) in [6.07, 6.45) is -0.290. The molecule has 2 rings (SSSR count). The molecule has 1 heterocycles. The Hall–Kier alpha value is -2.50. The highest BCUT2D eigenvalue weighted by Crippen LogP contribution is 2.28. The maximum absolute atomic E-state index is 11.6. The number of imide groups is 1. The van der Waals surface area contributed by atoms with Crippen molar-refractivity contribution < 1.29 is 14.5 Å². The fraction of sp³-hybridized carbons (Fsp3) is 0.167. The molecule has 0 aliphatic carbocycles. The summed E-state index contributed by atoms with van der Waals surface area (Å²) in [5.41, 5.74) is 0.803. The average molecular weight is 246 g/mol. The molecule has 1 aromatic carbocycles. The smallest absolute Gasteiger partial charge is 0.275 e. The summed E-state index contributed by atoms with van der Waals surface area (Å²) >= 11 is 0. The molecule has 92 valence electrons. The molecule has 6 nitrogen and oxygen atoms in total. The Morgan fingerprint density at radius 3 is 2.44 bits per heavy atom. The van der Waals surface area contributed by atoms with Gasteiger partial charge in [0.15, 0.2) is 0 Å². The number of carbonyl (C=O) groups is 2. The molecule has 1 aliphatic heterocycles. The third-order valence-corrected chi connectivity index (χ3v) is 2.69. The summed E-state index contributed by atoms with van der Waals surface area (Å²) in [7, 11) is 0. The van der Waals surface area contributed by atoms with Crippen LogP contribution in [0.1, 0.15) is 12.5 Å². The normalized spacial score (nSPS) is 18.7. The van der Waals surface area contributed by atoms with Crippen LogP contribution in [0.2, 0.25) is 0 Å². The number of rotatable bonds is 2. The molecule has 0 fully saturated rings. The zero-order valence-corrected chi connectivity index (χ0v) is 9.57. The standard InChI is InChI=1S/C12H10N2O4/c1-8(15)13-11(16)7-10(12(13)14(17)18)9-5-3-2-4-6-9/h2-7,12H,1H3. The largest absolute Gasteiger partial charge is 0.322 e. The van der Waals surface area contributed by atoms with Gasteiger partial charge in [-0.3, -0.25) is 19.7 Å². The highest BCUT2D eigenvalue weighted by atomic mass is 16.6. The maximum Gasteiger partial charge on any atom is 0.322 e. The Morgan fingerprint density at radius 2 is 1.94 bits per heavy atom. The molecule has 1 aromatic rings. The van der Waals surface area contributed by atoms with Crippen molar-refractivity contribution >= 4 is 17.4 Å². The predicted molar refractivity (Wildman–Crippen MR) is 62.7 cm³/mol. The Bertz CT molecular complexity index is 550. The van der Waals surface area contributed by atoms with E-state index in [0.29, 0.717) is 10.5 Å². The lowest BCUT2D eigenvalue weighted by molar-refractivity contribution is -0.523. The first-order valence-corrected chi connectivity index (χ1v) is 5.26. The minimum absolute atomic E-state index is 0.237. The van der Waals surface area contributed by atoms with Gasteiger partial charge in [0.2, 0.25) is 5.91 Å². The third kappa shape index (κ3) is 1.88. The van der Waals surface area contributed by atoms with Crippen molar-refractivity contribution in [2.45, 2.75) is 13.1 Å². The van der Waals surface area contributed by atoms with E-state index in [2.05, 4.69) is 0 Å². The molecule has 0 N–H and O–H groups in total. The van der Waals surface area contributed by atoms with E-state index in [0.717, 1.165) is 13.0 Å². The first-order chi connectivity index (χ1) is 8.52. The van der Waals surface area contributed by atoms with Gasteiger partial charge in [0.05, 0.1) is 10.5 Å². The number of hydrogen-bond acceptors (Lipinski definition) is 4. The molecular weight excluding hydrogens is 236 g/mol. The quantitative estimate of drug-likeness (QED) is 0.577. The lowest BCUT2D eigenvalue weighted by Gasteiger charge is -2.16. The van der Waals surface area contributed by atoms with Crippen molar-refractivity contribution in [2.24, 2.45) is 0 Å². The van der Waals surface area contributed by atoms with Crippen LogP contribution < -0.4 is 0 Å². The van der Waals surface area contributed by atoms with Crippen LogP contribution >= 0.6 is 0 Å². The number of hydrogen-bond donors (Lipinski definition) is 0. The van der Waals surface area contributed by atoms with Gasteiger partial charge >= 0.3 is 6.17 Å². The summed E-state index contributed by atoms with van der Waals surface area (Å²) in [5, 5.41) is 11.1. The number of nitro groups is 1. The van der Waals surface area contributed by atoms with Crippen LogP contribution in [0.3, 0.4) is 0 Å². The summed E-state index contributed by atoms with van der Waals surface area (Å²) < 4.78 is 0. The molecule has 0 radical (unpaired) electrons. The van der Waals surface area contributed by atoms with Gasteiger partial charge in [-0.1, -0.05) is 30.3 Å². The van der Waals surface area contributed by atoms with E-state index in [1.54, 1.807) is 30.3 Å².